The molecule has 8 heteroatoms. The Morgan fingerprint density at radius 2 is 1.95 bits per heavy atom. The van der Waals surface area contributed by atoms with E-state index >= 15 is 0 Å². The monoisotopic (exact) mass is 413 g/mol. The average Bonchev–Trinajstić information content (AvgIpc) is 2.75. The molecule has 1 aromatic carbocycles. The van der Waals surface area contributed by atoms with Gasteiger partial charge in [0.05, 0.1) is 3.79 Å². The zero-order valence-electron chi connectivity index (χ0n) is 10.2. The van der Waals surface area contributed by atoms with Gasteiger partial charge in [0.2, 0.25) is 0 Å². The third kappa shape index (κ3) is 3.75. The van der Waals surface area contributed by atoms with Crippen molar-refractivity contribution in [3.8, 4) is 0 Å². The maximum atomic E-state index is 12.2. The molecule has 1 heterocycles. The van der Waals surface area contributed by atoms with Crippen LogP contribution in [0.2, 0.25) is 10.0 Å². The Kier molecular flexibility index (Phi) is 5.15. The Morgan fingerprint density at radius 3 is 2.50 bits per heavy atom. The first kappa shape index (κ1) is 16.3. The number of rotatable bonds is 4. The van der Waals surface area contributed by atoms with Crippen LogP contribution in [0, 0.1) is 0 Å². The Labute approximate surface area is 140 Å². The Morgan fingerprint density at radius 1 is 1.25 bits per heavy atom. The van der Waals surface area contributed by atoms with E-state index in [0.29, 0.717) is 15.6 Å². The molecule has 0 radical (unpaired) electrons. The van der Waals surface area contributed by atoms with Gasteiger partial charge < -0.3 is 0 Å². The summed E-state index contributed by atoms with van der Waals surface area (Å²) in [7, 11) is -3.57. The molecular formula is C12H10BrCl2NO2S2. The highest BCUT2D eigenvalue weighted by Gasteiger charge is 2.21. The smallest absolute Gasteiger partial charge is 0.206 e. The number of halogens is 3. The lowest BCUT2D eigenvalue weighted by molar-refractivity contribution is 0.569. The van der Waals surface area contributed by atoms with E-state index in [1.807, 2.05) is 0 Å². The van der Waals surface area contributed by atoms with Gasteiger partial charge in [-0.25, -0.2) is 13.1 Å². The summed E-state index contributed by atoms with van der Waals surface area (Å²) in [5, 5.41) is 0.941. The van der Waals surface area contributed by atoms with Crippen molar-refractivity contribution >= 4 is 60.5 Å². The second-order valence-corrected chi connectivity index (χ2v) is 9.31. The molecule has 2 aromatic rings. The predicted octanol–water partition coefficient (Wildman–Crippen LogP) is 4.86. The first-order valence-corrected chi connectivity index (χ1v) is 9.37. The van der Waals surface area contributed by atoms with Gasteiger partial charge in [-0.15, -0.1) is 11.3 Å². The summed E-state index contributed by atoms with van der Waals surface area (Å²) in [6.07, 6.45) is 0. The van der Waals surface area contributed by atoms with Crippen molar-refractivity contribution in [2.75, 3.05) is 0 Å². The number of nitrogens with one attached hydrogen (secondary N) is 1. The van der Waals surface area contributed by atoms with Crippen LogP contribution in [0.4, 0.5) is 0 Å². The van der Waals surface area contributed by atoms with E-state index in [1.54, 1.807) is 37.3 Å². The van der Waals surface area contributed by atoms with E-state index in [0.717, 1.165) is 15.1 Å². The molecule has 0 fully saturated rings. The van der Waals surface area contributed by atoms with Crippen LogP contribution in [0.3, 0.4) is 0 Å². The first-order valence-electron chi connectivity index (χ1n) is 5.52. The van der Waals surface area contributed by atoms with Gasteiger partial charge in [0.1, 0.15) is 4.21 Å². The molecule has 0 amide bonds. The molecule has 1 unspecified atom stereocenters. The summed E-state index contributed by atoms with van der Waals surface area (Å²) in [6, 6.07) is 7.76. The van der Waals surface area contributed by atoms with Gasteiger partial charge >= 0.3 is 0 Å². The van der Waals surface area contributed by atoms with Gasteiger partial charge in [0, 0.05) is 16.1 Å². The molecule has 0 saturated heterocycles. The molecule has 108 valence electrons. The number of hydrogen-bond donors (Lipinski definition) is 1. The fraction of sp³-hybridized carbons (Fsp3) is 0.167. The van der Waals surface area contributed by atoms with Crippen LogP contribution < -0.4 is 4.72 Å². The number of benzene rings is 1. The minimum Gasteiger partial charge on any atom is -0.206 e. The van der Waals surface area contributed by atoms with E-state index in [2.05, 4.69) is 20.7 Å². The highest BCUT2D eigenvalue weighted by molar-refractivity contribution is 9.11. The van der Waals surface area contributed by atoms with Crippen molar-refractivity contribution in [1.29, 1.82) is 0 Å². The summed E-state index contributed by atoms with van der Waals surface area (Å²) in [5.74, 6) is 0. The van der Waals surface area contributed by atoms with Gasteiger partial charge in [0.15, 0.2) is 0 Å². The standard InChI is InChI=1S/C12H10BrCl2NO2S2/c1-7(9-3-2-8(14)6-10(9)15)16-20(17,18)12-5-4-11(13)19-12/h2-7,16H,1H3. The normalized spacial score (nSPS) is 13.4. The van der Waals surface area contributed by atoms with E-state index in [-0.39, 0.29) is 4.21 Å². The second-order valence-electron chi connectivity index (χ2n) is 4.07. The fourth-order valence-electron chi connectivity index (χ4n) is 1.65. The predicted molar refractivity (Wildman–Crippen MR) is 87.2 cm³/mol. The number of sulfonamides is 1. The number of hydrogen-bond acceptors (Lipinski definition) is 3. The summed E-state index contributed by atoms with van der Waals surface area (Å²) in [5.41, 5.74) is 0.676. The van der Waals surface area contributed by atoms with Gasteiger partial charge in [-0.2, -0.15) is 0 Å². The van der Waals surface area contributed by atoms with Crippen molar-refractivity contribution in [2.24, 2.45) is 0 Å². The summed E-state index contributed by atoms with van der Waals surface area (Å²) in [6.45, 7) is 1.73. The summed E-state index contributed by atoms with van der Waals surface area (Å²) < 4.78 is 28.0. The largest absolute Gasteiger partial charge is 0.250 e. The zero-order valence-corrected chi connectivity index (χ0v) is 15.0. The van der Waals surface area contributed by atoms with Crippen LogP contribution in [-0.2, 0) is 10.0 Å². The topological polar surface area (TPSA) is 46.2 Å². The highest BCUT2D eigenvalue weighted by Crippen LogP contribution is 2.30. The molecule has 0 aliphatic carbocycles. The molecule has 0 spiro atoms. The molecular weight excluding hydrogens is 405 g/mol. The molecule has 0 bridgehead atoms. The molecule has 20 heavy (non-hydrogen) atoms. The van der Waals surface area contributed by atoms with Crippen LogP contribution in [0.25, 0.3) is 0 Å². The van der Waals surface area contributed by atoms with E-state index in [1.165, 1.54) is 0 Å². The van der Waals surface area contributed by atoms with Crippen LogP contribution in [0.15, 0.2) is 38.3 Å². The van der Waals surface area contributed by atoms with Crippen LogP contribution in [0.1, 0.15) is 18.5 Å². The van der Waals surface area contributed by atoms with Crippen LogP contribution in [0.5, 0.6) is 0 Å². The summed E-state index contributed by atoms with van der Waals surface area (Å²) in [4.78, 5) is 0. The van der Waals surface area contributed by atoms with Gasteiger partial charge in [-0.05, 0) is 52.7 Å². The molecule has 1 atom stereocenters. The zero-order chi connectivity index (χ0) is 14.9. The third-order valence-electron chi connectivity index (χ3n) is 2.57. The van der Waals surface area contributed by atoms with E-state index in [9.17, 15) is 8.42 Å². The molecule has 3 nitrogen and oxygen atoms in total. The molecule has 1 aromatic heterocycles. The Hall–Kier alpha value is -0.110. The van der Waals surface area contributed by atoms with Gasteiger partial charge in [-0.1, -0.05) is 29.3 Å². The lowest BCUT2D eigenvalue weighted by Gasteiger charge is -2.15. The summed E-state index contributed by atoms with van der Waals surface area (Å²) >= 11 is 16.3. The molecule has 0 aliphatic heterocycles. The fourth-order valence-corrected chi connectivity index (χ4v) is 5.47. The maximum Gasteiger partial charge on any atom is 0.250 e. The first-order chi connectivity index (χ1) is 9.29. The van der Waals surface area contributed by atoms with Crippen molar-refractivity contribution in [2.45, 2.75) is 17.2 Å². The second kappa shape index (κ2) is 6.34. The Balaban J connectivity index is 2.25. The van der Waals surface area contributed by atoms with Crippen molar-refractivity contribution < 1.29 is 8.42 Å². The van der Waals surface area contributed by atoms with Crippen molar-refractivity contribution in [3.05, 3.63) is 49.7 Å². The van der Waals surface area contributed by atoms with Gasteiger partial charge in [-0.3, -0.25) is 0 Å². The number of thiophene rings is 1. The van der Waals surface area contributed by atoms with E-state index in [4.69, 9.17) is 23.2 Å². The molecule has 1 N–H and O–H groups in total. The quantitative estimate of drug-likeness (QED) is 0.776. The third-order valence-corrected chi connectivity index (χ3v) is 6.79. The minimum absolute atomic E-state index is 0.251. The van der Waals surface area contributed by atoms with Crippen LogP contribution in [-0.4, -0.2) is 8.42 Å². The Bertz CT molecular complexity index is 731. The molecule has 2 rings (SSSR count). The average molecular weight is 415 g/mol. The maximum absolute atomic E-state index is 12.2. The SMILES string of the molecule is CC(NS(=O)(=O)c1ccc(Br)s1)c1ccc(Cl)cc1Cl. The minimum atomic E-state index is -3.57. The lowest BCUT2D eigenvalue weighted by Crippen LogP contribution is -2.26. The lowest BCUT2D eigenvalue weighted by atomic mass is 10.1. The highest BCUT2D eigenvalue weighted by atomic mass is 79.9. The van der Waals surface area contributed by atoms with E-state index < -0.39 is 16.1 Å². The van der Waals surface area contributed by atoms with Crippen molar-refractivity contribution in [1.82, 2.24) is 4.72 Å². The van der Waals surface area contributed by atoms with Gasteiger partial charge in [0.25, 0.3) is 10.0 Å². The molecule has 0 aliphatic rings. The van der Waals surface area contributed by atoms with Crippen LogP contribution >= 0.6 is 50.5 Å². The molecule has 0 saturated carbocycles. The van der Waals surface area contributed by atoms with Crippen molar-refractivity contribution in [3.63, 3.8) is 0 Å².